The maximum atomic E-state index is 6.55. The van der Waals surface area contributed by atoms with Crippen LogP contribution < -0.4 is 14.8 Å². The second-order valence-electron chi connectivity index (χ2n) is 7.10. The number of para-hydroxylation sites is 2. The number of hydrogen-bond acceptors (Lipinski definition) is 7. The fourth-order valence-electron chi connectivity index (χ4n) is 4.23. The summed E-state index contributed by atoms with van der Waals surface area (Å²) >= 11 is 1.65. The van der Waals surface area contributed by atoms with Crippen molar-refractivity contribution in [3.63, 3.8) is 0 Å². The molecule has 8 heteroatoms. The number of benzene rings is 2. The molecule has 148 valence electrons. The third kappa shape index (κ3) is 2.47. The molecule has 2 atom stereocenters. The van der Waals surface area contributed by atoms with Crippen molar-refractivity contribution < 1.29 is 9.47 Å². The van der Waals surface area contributed by atoms with Crippen molar-refractivity contribution in [3.05, 3.63) is 87.6 Å². The van der Waals surface area contributed by atoms with Gasteiger partial charge in [-0.1, -0.05) is 35.4 Å². The molecule has 2 aromatic heterocycles. The molecule has 1 N–H and O–H groups in total. The van der Waals surface area contributed by atoms with Crippen molar-refractivity contribution in [1.29, 1.82) is 0 Å². The monoisotopic (exact) mass is 415 g/mol. The van der Waals surface area contributed by atoms with Crippen molar-refractivity contribution in [2.45, 2.75) is 12.1 Å². The van der Waals surface area contributed by atoms with Gasteiger partial charge in [-0.05, 0) is 45.5 Å². The molecule has 0 spiro atoms. The second kappa shape index (κ2) is 6.70. The number of nitrogens with one attached hydrogen (secondary N) is 1. The molecule has 0 radical (unpaired) electrons. The Morgan fingerprint density at radius 1 is 1.10 bits per heavy atom. The van der Waals surface area contributed by atoms with Crippen molar-refractivity contribution in [1.82, 2.24) is 20.2 Å². The Balaban J connectivity index is 1.66. The molecule has 4 heterocycles. The standard InChI is InChI=1S/C22H17N5O2S/c1-28-16-8-4-3-7-15(16)20-18-19(23-22-24-25-26-27(20)22)14-6-2-5-9-17(14)29-21(18)13-10-11-30-12-13/h2-12,20-21H,1H3,(H,23,24,26)/t20-,21+/m0/s1. The number of aromatic nitrogens is 4. The largest absolute Gasteiger partial charge is 0.496 e. The van der Waals surface area contributed by atoms with Gasteiger partial charge in [-0.3, -0.25) is 0 Å². The summed E-state index contributed by atoms with van der Waals surface area (Å²) in [5, 5.41) is 20.1. The zero-order chi connectivity index (χ0) is 20.1. The van der Waals surface area contributed by atoms with Crippen LogP contribution in [0.15, 0.2) is 70.9 Å². The van der Waals surface area contributed by atoms with Crippen LogP contribution in [0, 0.1) is 0 Å². The average molecular weight is 415 g/mol. The van der Waals surface area contributed by atoms with Gasteiger partial charge in [0.25, 0.3) is 0 Å². The number of thiophene rings is 1. The molecule has 0 aliphatic carbocycles. The molecule has 0 unspecified atom stereocenters. The number of anilines is 1. The highest BCUT2D eigenvalue weighted by atomic mass is 32.1. The van der Waals surface area contributed by atoms with Crippen molar-refractivity contribution in [2.24, 2.45) is 0 Å². The topological polar surface area (TPSA) is 74.1 Å². The third-order valence-electron chi connectivity index (χ3n) is 5.52. The summed E-state index contributed by atoms with van der Waals surface area (Å²) < 4.78 is 14.0. The van der Waals surface area contributed by atoms with Gasteiger partial charge in [0.2, 0.25) is 5.95 Å². The Morgan fingerprint density at radius 3 is 2.83 bits per heavy atom. The number of methoxy groups -OCH3 is 1. The summed E-state index contributed by atoms with van der Waals surface area (Å²) in [7, 11) is 1.68. The molecule has 0 saturated carbocycles. The third-order valence-corrected chi connectivity index (χ3v) is 6.22. The van der Waals surface area contributed by atoms with Crippen LogP contribution in [0.4, 0.5) is 5.95 Å². The molecule has 2 aromatic carbocycles. The molecule has 0 fully saturated rings. The van der Waals surface area contributed by atoms with Crippen LogP contribution in [-0.2, 0) is 0 Å². The summed E-state index contributed by atoms with van der Waals surface area (Å²) in [6.45, 7) is 0. The zero-order valence-electron chi connectivity index (χ0n) is 16.0. The first kappa shape index (κ1) is 17.2. The molecule has 2 aliphatic rings. The average Bonchev–Trinajstić information content (AvgIpc) is 3.49. The van der Waals surface area contributed by atoms with Gasteiger partial charge in [0, 0.05) is 22.3 Å². The number of hydrogen-bond donors (Lipinski definition) is 1. The van der Waals surface area contributed by atoms with E-state index in [-0.39, 0.29) is 12.1 Å². The Morgan fingerprint density at radius 2 is 1.97 bits per heavy atom. The first-order chi connectivity index (χ1) is 14.8. The quantitative estimate of drug-likeness (QED) is 0.538. The number of rotatable bonds is 3. The van der Waals surface area contributed by atoms with Crippen LogP contribution >= 0.6 is 11.3 Å². The van der Waals surface area contributed by atoms with Gasteiger partial charge in [-0.2, -0.15) is 16.0 Å². The van der Waals surface area contributed by atoms with E-state index in [0.29, 0.717) is 5.95 Å². The lowest BCUT2D eigenvalue weighted by Gasteiger charge is -2.38. The lowest BCUT2D eigenvalue weighted by molar-refractivity contribution is 0.222. The Labute approximate surface area is 176 Å². The second-order valence-corrected chi connectivity index (χ2v) is 7.88. The van der Waals surface area contributed by atoms with Crippen LogP contribution in [0.3, 0.4) is 0 Å². The lowest BCUT2D eigenvalue weighted by Crippen LogP contribution is -2.32. The van der Waals surface area contributed by atoms with Gasteiger partial charge in [0.15, 0.2) is 6.10 Å². The molecule has 7 nitrogen and oxygen atoms in total. The molecule has 6 rings (SSSR count). The smallest absolute Gasteiger partial charge is 0.248 e. The fourth-order valence-corrected chi connectivity index (χ4v) is 4.90. The number of nitrogens with zero attached hydrogens (tertiary/aromatic N) is 4. The van der Waals surface area contributed by atoms with Crippen LogP contribution in [-0.4, -0.2) is 27.3 Å². The SMILES string of the molecule is COc1ccccc1[C@H]1C2=C(Nc3nnnn31)c1ccccc1O[C@@H]2c1ccsc1. The van der Waals surface area contributed by atoms with E-state index in [4.69, 9.17) is 9.47 Å². The first-order valence-corrected chi connectivity index (χ1v) is 10.5. The van der Waals surface area contributed by atoms with Crippen molar-refractivity contribution >= 4 is 23.0 Å². The van der Waals surface area contributed by atoms with E-state index in [1.165, 1.54) is 0 Å². The molecule has 0 amide bonds. The van der Waals surface area contributed by atoms with Gasteiger partial charge in [0.05, 0.1) is 12.8 Å². The van der Waals surface area contributed by atoms with Crippen molar-refractivity contribution in [2.75, 3.05) is 12.4 Å². The van der Waals surface area contributed by atoms with E-state index < -0.39 is 0 Å². The van der Waals surface area contributed by atoms with Crippen molar-refractivity contribution in [3.8, 4) is 11.5 Å². The van der Waals surface area contributed by atoms with E-state index >= 15 is 0 Å². The van der Waals surface area contributed by atoms with Gasteiger partial charge in [0.1, 0.15) is 17.5 Å². The normalized spacial score (nSPS) is 19.2. The highest BCUT2D eigenvalue weighted by Gasteiger charge is 2.42. The lowest BCUT2D eigenvalue weighted by atomic mass is 9.85. The Hall–Kier alpha value is -3.65. The van der Waals surface area contributed by atoms with Crippen LogP contribution in [0.2, 0.25) is 0 Å². The summed E-state index contributed by atoms with van der Waals surface area (Å²) in [6, 6.07) is 17.8. The van der Waals surface area contributed by atoms with E-state index in [1.54, 1.807) is 23.1 Å². The number of fused-ring (bicyclic) bond motifs is 3. The summed E-state index contributed by atoms with van der Waals surface area (Å²) in [5.74, 6) is 2.20. The van der Waals surface area contributed by atoms with Gasteiger partial charge >= 0.3 is 0 Å². The minimum atomic E-state index is -0.277. The molecule has 0 saturated heterocycles. The van der Waals surface area contributed by atoms with Crippen LogP contribution in [0.25, 0.3) is 5.70 Å². The minimum Gasteiger partial charge on any atom is -0.496 e. The maximum Gasteiger partial charge on any atom is 0.248 e. The molecular formula is C22H17N5O2S. The Kier molecular flexibility index (Phi) is 3.85. The summed E-state index contributed by atoms with van der Waals surface area (Å²) in [6.07, 6.45) is -0.277. The van der Waals surface area contributed by atoms with E-state index in [1.807, 2.05) is 36.4 Å². The Bertz CT molecular complexity index is 1260. The zero-order valence-corrected chi connectivity index (χ0v) is 16.8. The summed E-state index contributed by atoms with van der Waals surface area (Å²) in [4.78, 5) is 0. The molecule has 4 aromatic rings. The predicted molar refractivity (Wildman–Crippen MR) is 114 cm³/mol. The van der Waals surface area contributed by atoms with E-state index in [2.05, 4.69) is 49.8 Å². The predicted octanol–water partition coefficient (Wildman–Crippen LogP) is 4.30. The fraction of sp³-hybridized carbons (Fsp3) is 0.136. The van der Waals surface area contributed by atoms with Gasteiger partial charge in [-0.25, -0.2) is 0 Å². The highest BCUT2D eigenvalue weighted by Crippen LogP contribution is 2.51. The van der Waals surface area contributed by atoms with Gasteiger partial charge < -0.3 is 14.8 Å². The van der Waals surface area contributed by atoms with Crippen LogP contribution in [0.5, 0.6) is 11.5 Å². The maximum absolute atomic E-state index is 6.55. The molecule has 0 bridgehead atoms. The number of ether oxygens (including phenoxy) is 2. The highest BCUT2D eigenvalue weighted by molar-refractivity contribution is 7.08. The molecule has 2 aliphatic heterocycles. The van der Waals surface area contributed by atoms with Gasteiger partial charge in [-0.15, -0.1) is 0 Å². The summed E-state index contributed by atoms with van der Waals surface area (Å²) in [5.41, 5.74) is 5.10. The number of tetrazole rings is 1. The first-order valence-electron chi connectivity index (χ1n) is 9.55. The van der Waals surface area contributed by atoms with Crippen LogP contribution in [0.1, 0.15) is 28.8 Å². The molecule has 30 heavy (non-hydrogen) atoms. The molecular weight excluding hydrogens is 398 g/mol. The minimum absolute atomic E-state index is 0.277. The van der Waals surface area contributed by atoms with E-state index in [0.717, 1.165) is 39.5 Å². The van der Waals surface area contributed by atoms with E-state index in [9.17, 15) is 0 Å².